The zero-order chi connectivity index (χ0) is 20.2. The summed E-state index contributed by atoms with van der Waals surface area (Å²) in [6.07, 6.45) is 7.62. The minimum atomic E-state index is 0. The van der Waals surface area contributed by atoms with Crippen molar-refractivity contribution in [1.82, 2.24) is 0 Å². The van der Waals surface area contributed by atoms with Crippen molar-refractivity contribution >= 4 is 53.2 Å². The Labute approximate surface area is 226 Å². The topological polar surface area (TPSA) is 0 Å². The van der Waals surface area contributed by atoms with E-state index in [9.17, 15) is 0 Å². The van der Waals surface area contributed by atoms with Gasteiger partial charge in [-0.05, 0) is 12.8 Å². The van der Waals surface area contributed by atoms with Crippen LogP contribution in [-0.2, 0) is 36.2 Å². The number of rotatable bonds is 6. The van der Waals surface area contributed by atoms with Crippen molar-refractivity contribution in [2.24, 2.45) is 0 Å². The third kappa shape index (κ3) is 11.5. The molecule has 4 aromatic rings. The van der Waals surface area contributed by atoms with E-state index in [-0.39, 0.29) is 39.7 Å². The predicted octanol–water partition coefficient (Wildman–Crippen LogP) is 9.16. The summed E-state index contributed by atoms with van der Waals surface area (Å²) in [5.41, 5.74) is 2.98. The summed E-state index contributed by atoms with van der Waals surface area (Å²) in [7, 11) is 0. The third-order valence-corrected chi connectivity index (χ3v) is 4.99. The SMILES string of the molecule is CCCCc1cc2ccccc2[cH-]1.CCCCc1cc2ccccc2[cH-]1.Cl.Cl.[CH3-].[CH3-].[Si]=[Zr]. The first kappa shape index (κ1) is 35.9. The molecule has 0 aliphatic heterocycles. The molecule has 0 spiro atoms. The van der Waals surface area contributed by atoms with Gasteiger partial charge in [0.1, 0.15) is 0 Å². The molecule has 4 rings (SSSR count). The third-order valence-electron chi connectivity index (χ3n) is 4.99. The van der Waals surface area contributed by atoms with Crippen molar-refractivity contribution in [3.05, 3.63) is 98.8 Å². The quantitative estimate of drug-likeness (QED) is 0.162. The fourth-order valence-electron chi connectivity index (χ4n) is 3.48. The van der Waals surface area contributed by atoms with Crippen LogP contribution in [0.2, 0.25) is 0 Å². The molecule has 0 amide bonds. The first-order chi connectivity index (χ1) is 13.8. The second-order valence-corrected chi connectivity index (χ2v) is 7.19. The second-order valence-electron chi connectivity index (χ2n) is 7.19. The van der Waals surface area contributed by atoms with Crippen LogP contribution in [-0.4, -0.2) is 6.88 Å². The summed E-state index contributed by atoms with van der Waals surface area (Å²) in [5.74, 6) is 0. The Morgan fingerprint density at radius 3 is 1.31 bits per heavy atom. The van der Waals surface area contributed by atoms with Crippen LogP contribution in [0.3, 0.4) is 0 Å². The average Bonchev–Trinajstić information content (AvgIpc) is 3.35. The molecule has 0 saturated heterocycles. The van der Waals surface area contributed by atoms with Gasteiger partial charge in [-0.15, -0.1) is 106 Å². The fraction of sp³-hybridized carbons (Fsp3) is 0.286. The van der Waals surface area contributed by atoms with E-state index in [1.54, 1.807) is 0 Å². The van der Waals surface area contributed by atoms with E-state index in [0.717, 1.165) is 0 Å². The molecular weight excluding hydrogens is 527 g/mol. The molecule has 0 atom stereocenters. The molecule has 0 aliphatic rings. The van der Waals surface area contributed by atoms with Crippen molar-refractivity contribution in [3.63, 3.8) is 0 Å². The number of benzene rings is 2. The molecule has 0 bridgehead atoms. The van der Waals surface area contributed by atoms with Crippen LogP contribution in [0.25, 0.3) is 21.5 Å². The Bertz CT molecular complexity index is 814. The van der Waals surface area contributed by atoms with Gasteiger partial charge in [0.05, 0.1) is 0 Å². The fourth-order valence-corrected chi connectivity index (χ4v) is 3.48. The van der Waals surface area contributed by atoms with Gasteiger partial charge < -0.3 is 14.9 Å². The zero-order valence-electron chi connectivity index (χ0n) is 20.0. The molecule has 0 N–H and O–H groups in total. The normalized spacial score (nSPS) is 8.91. The Morgan fingerprint density at radius 1 is 0.656 bits per heavy atom. The summed E-state index contributed by atoms with van der Waals surface area (Å²) < 4.78 is 0. The average molecular weight is 565 g/mol. The second kappa shape index (κ2) is 20.9. The maximum atomic E-state index is 3.06. The number of fused-ring (bicyclic) bond motifs is 2. The Balaban J connectivity index is -0.000000437. The van der Waals surface area contributed by atoms with E-state index in [2.05, 4.69) is 93.5 Å². The van der Waals surface area contributed by atoms with E-state index in [1.165, 1.54) is 94.5 Å². The van der Waals surface area contributed by atoms with E-state index >= 15 is 0 Å². The Kier molecular flexibility index (Phi) is 23.5. The molecular formula is C28H38Cl2SiZr-4. The van der Waals surface area contributed by atoms with E-state index < -0.39 is 0 Å². The molecule has 0 saturated carbocycles. The van der Waals surface area contributed by atoms with Crippen LogP contribution in [0.15, 0.2) is 72.8 Å². The van der Waals surface area contributed by atoms with Gasteiger partial charge in [0.2, 0.25) is 0 Å². The Morgan fingerprint density at radius 2 is 1.00 bits per heavy atom. The van der Waals surface area contributed by atoms with Gasteiger partial charge in [0.15, 0.2) is 0 Å². The molecule has 0 unspecified atom stereocenters. The van der Waals surface area contributed by atoms with E-state index in [1.807, 2.05) is 0 Å². The van der Waals surface area contributed by atoms with Crippen molar-refractivity contribution in [2.45, 2.75) is 52.4 Å². The minimum absolute atomic E-state index is 0. The first-order valence-electron chi connectivity index (χ1n) is 10.3. The van der Waals surface area contributed by atoms with Gasteiger partial charge in [0, 0.05) is 0 Å². The van der Waals surface area contributed by atoms with Gasteiger partial charge in [-0.1, -0.05) is 51.7 Å². The van der Waals surface area contributed by atoms with E-state index in [0.29, 0.717) is 0 Å². The van der Waals surface area contributed by atoms with E-state index in [4.69, 9.17) is 0 Å². The number of hydrogen-bond acceptors (Lipinski definition) is 0. The molecule has 0 aliphatic carbocycles. The van der Waals surface area contributed by atoms with Gasteiger partial charge in [-0.3, -0.25) is 0 Å². The standard InChI is InChI=1S/2C13H15.2CH3.2ClH.Si.Zr/c2*1-2-3-6-11-9-12-7-4-5-8-13(12)10-11;;;;;;/h2*4-5,7-10H,2-3,6H2,1H3;2*1H3;2*1H;;/q4*-1;;;;. The number of aryl methyl sites for hydroxylation is 2. The Hall–Kier alpha value is -0.660. The monoisotopic (exact) mass is 562 g/mol. The number of unbranched alkanes of at least 4 members (excludes halogenated alkanes) is 2. The molecule has 2 radical (unpaired) electrons. The molecule has 32 heavy (non-hydrogen) atoms. The van der Waals surface area contributed by atoms with Gasteiger partial charge in [0.25, 0.3) is 0 Å². The molecule has 4 aromatic carbocycles. The van der Waals surface area contributed by atoms with Crippen molar-refractivity contribution in [3.8, 4) is 0 Å². The molecule has 0 aromatic heterocycles. The van der Waals surface area contributed by atoms with Crippen LogP contribution < -0.4 is 0 Å². The van der Waals surface area contributed by atoms with Crippen LogP contribution in [0.1, 0.15) is 50.7 Å². The van der Waals surface area contributed by atoms with Crippen LogP contribution >= 0.6 is 24.8 Å². The molecule has 0 heterocycles. The number of hydrogen-bond donors (Lipinski definition) is 0. The van der Waals surface area contributed by atoms with Crippen LogP contribution in [0, 0.1) is 14.9 Å². The van der Waals surface area contributed by atoms with Crippen molar-refractivity contribution in [1.29, 1.82) is 0 Å². The molecule has 176 valence electrons. The molecule has 4 heteroatoms. The van der Waals surface area contributed by atoms with Gasteiger partial charge >= 0.3 is 30.2 Å². The summed E-state index contributed by atoms with van der Waals surface area (Å²) in [4.78, 5) is 0. The number of halogens is 2. The van der Waals surface area contributed by atoms with Crippen LogP contribution in [0.5, 0.6) is 0 Å². The zero-order valence-corrected chi connectivity index (χ0v) is 25.1. The summed E-state index contributed by atoms with van der Waals surface area (Å²) >= 11 is 1.36. The van der Waals surface area contributed by atoms with Gasteiger partial charge in [-0.25, -0.2) is 0 Å². The summed E-state index contributed by atoms with van der Waals surface area (Å²) in [5, 5.41) is 5.53. The molecule has 0 nitrogen and oxygen atoms in total. The maximum absolute atomic E-state index is 3.06. The van der Waals surface area contributed by atoms with Crippen molar-refractivity contribution in [2.75, 3.05) is 0 Å². The van der Waals surface area contributed by atoms with Crippen molar-refractivity contribution < 1.29 is 23.3 Å². The first-order valence-corrected chi connectivity index (χ1v) is 14.5. The van der Waals surface area contributed by atoms with Gasteiger partial charge in [-0.2, -0.15) is 12.1 Å². The van der Waals surface area contributed by atoms with Crippen LogP contribution in [0.4, 0.5) is 0 Å². The molecule has 0 fully saturated rings. The predicted molar refractivity (Wildman–Crippen MR) is 149 cm³/mol. The summed E-state index contributed by atoms with van der Waals surface area (Å²) in [6.45, 7) is 7.54. The summed E-state index contributed by atoms with van der Waals surface area (Å²) in [6, 6.07) is 26.4.